The predicted octanol–water partition coefficient (Wildman–Crippen LogP) is -0.00578. The lowest BCUT2D eigenvalue weighted by Crippen LogP contribution is -2.32. The van der Waals surface area contributed by atoms with Gasteiger partial charge < -0.3 is 25.2 Å². The third-order valence-corrected chi connectivity index (χ3v) is 1.87. The highest BCUT2D eigenvalue weighted by atomic mass is 16.7. The van der Waals surface area contributed by atoms with Gasteiger partial charge in [0.05, 0.1) is 5.56 Å². The Bertz CT molecular complexity index is 413. The first kappa shape index (κ1) is 12.0. The summed E-state index contributed by atoms with van der Waals surface area (Å²) in [5.41, 5.74) is 5.54. The minimum atomic E-state index is -1.56. The van der Waals surface area contributed by atoms with Gasteiger partial charge >= 0.3 is 12.1 Å². The van der Waals surface area contributed by atoms with E-state index in [1.54, 1.807) is 0 Å². The fourth-order valence-electron chi connectivity index (χ4n) is 1.07. The summed E-state index contributed by atoms with van der Waals surface area (Å²) in [7, 11) is 0. The second kappa shape index (κ2) is 4.62. The zero-order chi connectivity index (χ0) is 12.3. The normalized spacial score (nSPS) is 12.1. The highest BCUT2D eigenvalue weighted by molar-refractivity contribution is 5.73. The van der Waals surface area contributed by atoms with Gasteiger partial charge in [-0.3, -0.25) is 4.79 Å². The van der Waals surface area contributed by atoms with Crippen molar-refractivity contribution in [1.29, 1.82) is 0 Å². The summed E-state index contributed by atoms with van der Waals surface area (Å²) in [5.74, 6) is -1.21. The Morgan fingerprint density at radius 1 is 1.56 bits per heavy atom. The Balaban J connectivity index is 2.89. The summed E-state index contributed by atoms with van der Waals surface area (Å²) in [6.07, 6.45) is -1.67. The number of hydrogen-bond donors (Lipinski definition) is 3. The number of aromatic nitrogens is 1. The van der Waals surface area contributed by atoms with Crippen LogP contribution < -0.4 is 10.5 Å². The summed E-state index contributed by atoms with van der Waals surface area (Å²) < 4.78 is 9.00. The van der Waals surface area contributed by atoms with E-state index in [0.29, 0.717) is 0 Å². The third kappa shape index (κ3) is 2.70. The molecule has 0 bridgehead atoms. The Hall–Kier alpha value is -2.09. The molecule has 0 amide bonds. The molecule has 0 saturated heterocycles. The van der Waals surface area contributed by atoms with Crippen LogP contribution in [0.3, 0.4) is 0 Å². The summed E-state index contributed by atoms with van der Waals surface area (Å²) in [6, 6.07) is -1.17. The van der Waals surface area contributed by atoms with Crippen molar-refractivity contribution in [2.75, 3.05) is 0 Å². The molecule has 4 N–H and O–H groups in total. The predicted molar refractivity (Wildman–Crippen MR) is 49.2 cm³/mol. The molecule has 0 aliphatic heterocycles. The van der Waals surface area contributed by atoms with Crippen LogP contribution in [-0.2, 0) is 11.2 Å². The van der Waals surface area contributed by atoms with Crippen molar-refractivity contribution >= 4 is 12.1 Å². The fourth-order valence-corrected chi connectivity index (χ4v) is 1.07. The summed E-state index contributed by atoms with van der Waals surface area (Å²) >= 11 is 0. The molecule has 8 nitrogen and oxygen atoms in total. The number of carboxylic acid groups (broad SMARTS) is 2. The van der Waals surface area contributed by atoms with E-state index in [1.165, 1.54) is 6.92 Å². The number of hydrogen-bond acceptors (Lipinski definition) is 6. The number of nitrogens with zero attached hydrogens (tertiary/aromatic N) is 1. The molecule has 1 aromatic rings. The molecular weight excluding hydrogens is 220 g/mol. The van der Waals surface area contributed by atoms with Gasteiger partial charge in [-0.1, -0.05) is 0 Å². The zero-order valence-corrected chi connectivity index (χ0v) is 8.34. The summed E-state index contributed by atoms with van der Waals surface area (Å²) in [5, 5.41) is 20.3. The number of carbonyl (C=O) groups is 2. The van der Waals surface area contributed by atoms with E-state index in [2.05, 4.69) is 9.89 Å². The Morgan fingerprint density at radius 2 is 2.19 bits per heavy atom. The number of carboxylic acids is 1. The maximum absolute atomic E-state index is 10.5. The third-order valence-electron chi connectivity index (χ3n) is 1.87. The van der Waals surface area contributed by atoms with Gasteiger partial charge in [0, 0.05) is 6.42 Å². The molecule has 0 aliphatic carbocycles. The largest absolute Gasteiger partial charge is 0.512 e. The lowest BCUT2D eigenvalue weighted by Gasteiger charge is -2.05. The molecule has 0 spiro atoms. The molecule has 88 valence electrons. The topological polar surface area (TPSA) is 136 Å². The van der Waals surface area contributed by atoms with Gasteiger partial charge in [0.15, 0.2) is 0 Å². The number of nitrogens with two attached hydrogens (primary N) is 1. The maximum Gasteiger partial charge on any atom is 0.512 e. The summed E-state index contributed by atoms with van der Waals surface area (Å²) in [4.78, 5) is 20.8. The molecule has 1 aromatic heterocycles. The van der Waals surface area contributed by atoms with Crippen LogP contribution in [0, 0.1) is 6.92 Å². The van der Waals surface area contributed by atoms with E-state index >= 15 is 0 Å². The SMILES string of the molecule is Cc1onc(OC(=O)O)c1C[C@H](N)C(=O)O. The van der Waals surface area contributed by atoms with E-state index in [9.17, 15) is 9.59 Å². The minimum Gasteiger partial charge on any atom is -0.480 e. The van der Waals surface area contributed by atoms with E-state index in [-0.39, 0.29) is 23.6 Å². The molecule has 1 atom stereocenters. The average molecular weight is 230 g/mol. The van der Waals surface area contributed by atoms with Crippen molar-refractivity contribution in [3.05, 3.63) is 11.3 Å². The van der Waals surface area contributed by atoms with Crippen molar-refractivity contribution in [2.45, 2.75) is 19.4 Å². The molecular formula is C8H10N2O6. The molecule has 0 saturated carbocycles. The number of ether oxygens (including phenoxy) is 1. The van der Waals surface area contributed by atoms with E-state index in [4.69, 9.17) is 20.5 Å². The van der Waals surface area contributed by atoms with Gasteiger partial charge in [-0.25, -0.2) is 4.79 Å². The molecule has 1 heterocycles. The lowest BCUT2D eigenvalue weighted by atomic mass is 10.1. The van der Waals surface area contributed by atoms with Crippen LogP contribution in [0.5, 0.6) is 5.88 Å². The van der Waals surface area contributed by atoms with Crippen molar-refractivity contribution in [2.24, 2.45) is 5.73 Å². The molecule has 0 aromatic carbocycles. The Kier molecular flexibility index (Phi) is 3.46. The van der Waals surface area contributed by atoms with E-state index in [0.717, 1.165) is 0 Å². The second-order valence-corrected chi connectivity index (χ2v) is 3.04. The van der Waals surface area contributed by atoms with Crippen LogP contribution in [0.1, 0.15) is 11.3 Å². The van der Waals surface area contributed by atoms with E-state index < -0.39 is 18.2 Å². The smallest absolute Gasteiger partial charge is 0.480 e. The van der Waals surface area contributed by atoms with Crippen LogP contribution in [0.2, 0.25) is 0 Å². The van der Waals surface area contributed by atoms with Crippen molar-refractivity contribution in [1.82, 2.24) is 5.16 Å². The van der Waals surface area contributed by atoms with Crippen LogP contribution in [0.4, 0.5) is 4.79 Å². The zero-order valence-electron chi connectivity index (χ0n) is 8.34. The number of rotatable bonds is 4. The monoisotopic (exact) mass is 230 g/mol. The molecule has 16 heavy (non-hydrogen) atoms. The Morgan fingerprint density at radius 3 is 2.69 bits per heavy atom. The molecule has 0 unspecified atom stereocenters. The Labute approximate surface area is 89.6 Å². The van der Waals surface area contributed by atoms with Gasteiger partial charge in [-0.2, -0.15) is 0 Å². The van der Waals surface area contributed by atoms with Gasteiger partial charge in [0.2, 0.25) is 0 Å². The van der Waals surface area contributed by atoms with Gasteiger partial charge in [0.25, 0.3) is 5.88 Å². The highest BCUT2D eigenvalue weighted by Gasteiger charge is 2.22. The number of aliphatic carboxylic acids is 1. The molecule has 1 rings (SSSR count). The maximum atomic E-state index is 10.5. The van der Waals surface area contributed by atoms with Gasteiger partial charge in [-0.05, 0) is 12.1 Å². The molecule has 0 fully saturated rings. The van der Waals surface area contributed by atoms with Crippen molar-refractivity contribution < 1.29 is 29.1 Å². The molecule has 0 aliphatic rings. The van der Waals surface area contributed by atoms with Crippen LogP contribution in [0.25, 0.3) is 0 Å². The minimum absolute atomic E-state index is 0.118. The fraction of sp³-hybridized carbons (Fsp3) is 0.375. The van der Waals surface area contributed by atoms with Gasteiger partial charge in [-0.15, -0.1) is 0 Å². The van der Waals surface area contributed by atoms with Crippen LogP contribution in [-0.4, -0.2) is 33.5 Å². The molecule has 0 radical (unpaired) electrons. The lowest BCUT2D eigenvalue weighted by molar-refractivity contribution is -0.138. The first-order valence-corrected chi connectivity index (χ1v) is 4.26. The second-order valence-electron chi connectivity index (χ2n) is 3.04. The number of aryl methyl sites for hydroxylation is 1. The van der Waals surface area contributed by atoms with Crippen molar-refractivity contribution in [3.63, 3.8) is 0 Å². The highest BCUT2D eigenvalue weighted by Crippen LogP contribution is 2.22. The van der Waals surface area contributed by atoms with Gasteiger partial charge in [0.1, 0.15) is 11.8 Å². The van der Waals surface area contributed by atoms with E-state index in [1.807, 2.05) is 0 Å². The standard InChI is InChI=1S/C8H10N2O6/c1-3-4(2-5(9)7(11)12)6(10-16-3)15-8(13)14/h5H,2,9H2,1H3,(H,11,12)(H,13,14)/t5-/m0/s1. The van der Waals surface area contributed by atoms with Crippen molar-refractivity contribution in [3.8, 4) is 5.88 Å². The van der Waals surface area contributed by atoms with Crippen LogP contribution >= 0.6 is 0 Å². The first-order valence-electron chi connectivity index (χ1n) is 4.26. The average Bonchev–Trinajstić information content (AvgIpc) is 2.48. The van der Waals surface area contributed by atoms with Crippen LogP contribution in [0.15, 0.2) is 4.52 Å². The summed E-state index contributed by atoms with van der Waals surface area (Å²) in [6.45, 7) is 1.51. The quantitative estimate of drug-likeness (QED) is 0.614. The first-order chi connectivity index (χ1) is 7.41. The molecule has 8 heteroatoms.